The highest BCUT2D eigenvalue weighted by Gasteiger charge is 2.21. The van der Waals surface area contributed by atoms with E-state index in [2.05, 4.69) is 29.2 Å². The number of hydrogen-bond acceptors (Lipinski definition) is 4. The van der Waals surface area contributed by atoms with Crippen LogP contribution in [-0.2, 0) is 4.74 Å². The third-order valence-electron chi connectivity index (χ3n) is 2.14. The number of carbonyl (C=O) groups is 1. The molecule has 1 aromatic rings. The average molecular weight is 390 g/mol. The quantitative estimate of drug-likeness (QED) is 0.427. The zero-order valence-electron chi connectivity index (χ0n) is 12.2. The standard InChI is InChI=1S/C15H19IO4/c1-6-10-8-11(16)13(12(9-10)18-7-2)19-14(17)20-15(3,4)5/h6,8-9H,1,7H2,2-5H3. The largest absolute Gasteiger partial charge is 0.514 e. The van der Waals surface area contributed by atoms with Crippen molar-refractivity contribution < 1.29 is 19.0 Å². The van der Waals surface area contributed by atoms with Crippen molar-refractivity contribution in [3.05, 3.63) is 27.8 Å². The molecule has 0 aliphatic carbocycles. The fourth-order valence-electron chi connectivity index (χ4n) is 1.42. The molecule has 1 aromatic carbocycles. The summed E-state index contributed by atoms with van der Waals surface area (Å²) < 4.78 is 16.7. The van der Waals surface area contributed by atoms with Crippen molar-refractivity contribution in [3.63, 3.8) is 0 Å². The second-order valence-corrected chi connectivity index (χ2v) is 6.20. The van der Waals surface area contributed by atoms with Crippen LogP contribution in [0.3, 0.4) is 0 Å². The highest BCUT2D eigenvalue weighted by atomic mass is 127. The van der Waals surface area contributed by atoms with E-state index >= 15 is 0 Å². The lowest BCUT2D eigenvalue weighted by Gasteiger charge is -2.20. The molecule has 5 heteroatoms. The molecule has 0 unspecified atom stereocenters. The summed E-state index contributed by atoms with van der Waals surface area (Å²) >= 11 is 2.08. The van der Waals surface area contributed by atoms with Gasteiger partial charge in [0.2, 0.25) is 0 Å². The molecule has 0 spiro atoms. The fraction of sp³-hybridized carbons (Fsp3) is 0.400. The monoisotopic (exact) mass is 390 g/mol. The van der Waals surface area contributed by atoms with Gasteiger partial charge in [0, 0.05) is 0 Å². The summed E-state index contributed by atoms with van der Waals surface area (Å²) in [5.74, 6) is 0.868. The van der Waals surface area contributed by atoms with E-state index in [4.69, 9.17) is 14.2 Å². The first-order chi connectivity index (χ1) is 9.26. The molecule has 20 heavy (non-hydrogen) atoms. The minimum Gasteiger partial charge on any atom is -0.490 e. The van der Waals surface area contributed by atoms with Crippen molar-refractivity contribution in [2.75, 3.05) is 6.61 Å². The lowest BCUT2D eigenvalue weighted by atomic mass is 10.2. The highest BCUT2D eigenvalue weighted by molar-refractivity contribution is 14.1. The Hall–Kier alpha value is -1.24. The van der Waals surface area contributed by atoms with Gasteiger partial charge in [0.1, 0.15) is 5.60 Å². The maximum atomic E-state index is 11.8. The third-order valence-corrected chi connectivity index (χ3v) is 2.94. The molecule has 0 saturated carbocycles. The van der Waals surface area contributed by atoms with Gasteiger partial charge < -0.3 is 14.2 Å². The molecule has 0 aromatic heterocycles. The van der Waals surface area contributed by atoms with Crippen LogP contribution in [0.5, 0.6) is 11.5 Å². The second-order valence-electron chi connectivity index (χ2n) is 5.03. The van der Waals surface area contributed by atoms with Crippen LogP contribution in [-0.4, -0.2) is 18.4 Å². The fourth-order valence-corrected chi connectivity index (χ4v) is 2.16. The topological polar surface area (TPSA) is 44.8 Å². The lowest BCUT2D eigenvalue weighted by Crippen LogP contribution is -2.26. The van der Waals surface area contributed by atoms with E-state index in [-0.39, 0.29) is 0 Å². The Labute approximate surface area is 133 Å². The minimum absolute atomic E-state index is 0.368. The van der Waals surface area contributed by atoms with Crippen LogP contribution in [0.1, 0.15) is 33.3 Å². The Morgan fingerprint density at radius 1 is 1.40 bits per heavy atom. The van der Waals surface area contributed by atoms with Gasteiger partial charge in [0.05, 0.1) is 10.2 Å². The SMILES string of the molecule is C=Cc1cc(I)c(OC(=O)OC(C)(C)C)c(OCC)c1. The Morgan fingerprint density at radius 3 is 2.55 bits per heavy atom. The number of carbonyl (C=O) groups excluding carboxylic acids is 1. The first-order valence-corrected chi connectivity index (χ1v) is 7.34. The van der Waals surface area contributed by atoms with Gasteiger partial charge in [-0.1, -0.05) is 12.7 Å². The number of halogens is 1. The smallest absolute Gasteiger partial charge is 0.490 e. The second kappa shape index (κ2) is 6.97. The molecule has 0 aliphatic heterocycles. The summed E-state index contributed by atoms with van der Waals surface area (Å²) in [6, 6.07) is 3.63. The molecule has 1 rings (SSSR count). The molecule has 110 valence electrons. The van der Waals surface area contributed by atoms with Crippen LogP contribution in [0.15, 0.2) is 18.7 Å². The molecule has 0 amide bonds. The highest BCUT2D eigenvalue weighted by Crippen LogP contribution is 2.35. The van der Waals surface area contributed by atoms with Gasteiger partial charge in [0.15, 0.2) is 11.5 Å². The summed E-state index contributed by atoms with van der Waals surface area (Å²) in [5, 5.41) is 0. The Kier molecular flexibility index (Phi) is 5.86. The van der Waals surface area contributed by atoms with E-state index < -0.39 is 11.8 Å². The van der Waals surface area contributed by atoms with Crippen molar-refractivity contribution in [2.45, 2.75) is 33.3 Å². The average Bonchev–Trinajstić information content (AvgIpc) is 2.31. The van der Waals surface area contributed by atoms with Crippen molar-refractivity contribution >= 4 is 34.8 Å². The number of hydrogen-bond donors (Lipinski definition) is 0. The van der Waals surface area contributed by atoms with E-state index in [9.17, 15) is 4.79 Å². The maximum absolute atomic E-state index is 11.8. The molecule has 0 bridgehead atoms. The van der Waals surface area contributed by atoms with Crippen LogP contribution in [0.25, 0.3) is 6.08 Å². The number of ether oxygens (including phenoxy) is 3. The van der Waals surface area contributed by atoms with Gasteiger partial charge >= 0.3 is 6.16 Å². The predicted molar refractivity (Wildman–Crippen MR) is 87.3 cm³/mol. The van der Waals surface area contributed by atoms with Gasteiger partial charge in [0.25, 0.3) is 0 Å². The predicted octanol–water partition coefficient (Wildman–Crippen LogP) is 4.65. The molecule has 4 nitrogen and oxygen atoms in total. The van der Waals surface area contributed by atoms with E-state index in [0.717, 1.165) is 9.13 Å². The van der Waals surface area contributed by atoms with E-state index in [1.807, 2.05) is 13.0 Å². The Morgan fingerprint density at radius 2 is 2.05 bits per heavy atom. The molecular weight excluding hydrogens is 371 g/mol. The van der Waals surface area contributed by atoms with Crippen LogP contribution in [0.4, 0.5) is 4.79 Å². The third kappa shape index (κ3) is 5.03. The van der Waals surface area contributed by atoms with Gasteiger partial charge in [-0.3, -0.25) is 0 Å². The first-order valence-electron chi connectivity index (χ1n) is 6.26. The summed E-state index contributed by atoms with van der Waals surface area (Å²) in [5.41, 5.74) is 0.296. The van der Waals surface area contributed by atoms with Gasteiger partial charge in [-0.05, 0) is 68.0 Å². The molecular formula is C15H19IO4. The van der Waals surface area contributed by atoms with E-state index in [1.165, 1.54) is 0 Å². The molecule has 0 radical (unpaired) electrons. The molecule has 0 atom stereocenters. The molecule has 0 N–H and O–H groups in total. The number of benzene rings is 1. The zero-order valence-corrected chi connectivity index (χ0v) is 14.3. The lowest BCUT2D eigenvalue weighted by molar-refractivity contribution is 0.0198. The minimum atomic E-state index is -0.747. The summed E-state index contributed by atoms with van der Waals surface area (Å²) in [6.07, 6.45) is 0.963. The Bertz CT molecular complexity index is 503. The Balaban J connectivity index is 3.04. The van der Waals surface area contributed by atoms with Crippen LogP contribution >= 0.6 is 22.6 Å². The summed E-state index contributed by atoms with van der Waals surface area (Å²) in [7, 11) is 0. The van der Waals surface area contributed by atoms with E-state index in [0.29, 0.717) is 18.1 Å². The number of rotatable bonds is 4. The first kappa shape index (κ1) is 16.8. The normalized spacial score (nSPS) is 10.8. The molecule has 0 saturated heterocycles. The van der Waals surface area contributed by atoms with Crippen molar-refractivity contribution in [2.24, 2.45) is 0 Å². The zero-order chi connectivity index (χ0) is 15.3. The van der Waals surface area contributed by atoms with Crippen molar-refractivity contribution in [1.82, 2.24) is 0 Å². The summed E-state index contributed by atoms with van der Waals surface area (Å²) in [4.78, 5) is 11.8. The maximum Gasteiger partial charge on any atom is 0.514 e. The van der Waals surface area contributed by atoms with Crippen molar-refractivity contribution in [1.29, 1.82) is 0 Å². The van der Waals surface area contributed by atoms with E-state index in [1.54, 1.807) is 32.9 Å². The van der Waals surface area contributed by atoms with Gasteiger partial charge in [-0.2, -0.15) is 0 Å². The summed E-state index contributed by atoms with van der Waals surface area (Å²) in [6.45, 7) is 11.4. The molecule has 0 heterocycles. The van der Waals surface area contributed by atoms with Crippen LogP contribution < -0.4 is 9.47 Å². The van der Waals surface area contributed by atoms with Crippen LogP contribution in [0.2, 0.25) is 0 Å². The van der Waals surface area contributed by atoms with Gasteiger partial charge in [-0.15, -0.1) is 0 Å². The molecule has 0 aliphatic rings. The van der Waals surface area contributed by atoms with Gasteiger partial charge in [-0.25, -0.2) is 4.79 Å². The van der Waals surface area contributed by atoms with Crippen LogP contribution in [0, 0.1) is 3.57 Å². The molecule has 0 fully saturated rings. The van der Waals surface area contributed by atoms with Crippen molar-refractivity contribution in [3.8, 4) is 11.5 Å².